The quantitative estimate of drug-likeness (QED) is 0.311. The monoisotopic (exact) mass is 454 g/mol. The lowest BCUT2D eigenvalue weighted by atomic mass is 10.1. The minimum Gasteiger partial charge on any atom is -0.443 e. The number of hydrogen-bond donors (Lipinski definition) is 1. The molecule has 0 spiro atoms. The fourth-order valence-corrected chi connectivity index (χ4v) is 2.73. The molecule has 0 atom stereocenters. The largest absolute Gasteiger partial charge is 0.443 e. The smallest absolute Gasteiger partial charge is 0.434 e. The molecule has 9 heteroatoms. The van der Waals surface area contributed by atoms with E-state index in [0.29, 0.717) is 11.1 Å². The van der Waals surface area contributed by atoms with Gasteiger partial charge in [-0.3, -0.25) is 4.79 Å². The number of nitrogens with zero attached hydrogens (tertiary/aromatic N) is 1. The van der Waals surface area contributed by atoms with E-state index in [0.717, 1.165) is 12.1 Å². The van der Waals surface area contributed by atoms with Crippen LogP contribution in [-0.4, -0.2) is 29.0 Å². The molecule has 0 radical (unpaired) electrons. The van der Waals surface area contributed by atoms with E-state index in [1.54, 1.807) is 72.2 Å². The predicted molar refractivity (Wildman–Crippen MR) is 114 cm³/mol. The third-order valence-electron chi connectivity index (χ3n) is 4.39. The standard InChI is InChI=1S/C24H20F2N2O5/c25-24(26,21(29)20-14-8-3-9-15-20)28(23(31)33-17-19-12-6-2-7-13-19)27-22(30)32-16-18-10-4-1-5-11-18/h1-15H,16-17H2,(H,27,30). The maximum atomic E-state index is 15.1. The lowest BCUT2D eigenvalue weighted by molar-refractivity contribution is -0.117. The molecule has 1 N–H and O–H groups in total. The molecule has 3 aromatic carbocycles. The van der Waals surface area contributed by atoms with Crippen LogP contribution in [-0.2, 0) is 22.7 Å². The minimum absolute atomic E-state index is 0.238. The first kappa shape index (κ1) is 23.4. The lowest BCUT2D eigenvalue weighted by Gasteiger charge is -2.28. The molecule has 0 saturated carbocycles. The second kappa shape index (κ2) is 10.9. The molecule has 0 heterocycles. The molecule has 0 aromatic heterocycles. The van der Waals surface area contributed by atoms with Gasteiger partial charge in [0, 0.05) is 5.56 Å². The van der Waals surface area contributed by atoms with E-state index in [1.807, 2.05) is 0 Å². The number of halogens is 2. The number of rotatable bonds is 7. The Morgan fingerprint density at radius 3 is 1.70 bits per heavy atom. The Hall–Kier alpha value is -4.27. The number of ether oxygens (including phenoxy) is 2. The number of nitrogens with one attached hydrogen (secondary N) is 1. The van der Waals surface area contributed by atoms with Crippen LogP contribution >= 0.6 is 0 Å². The van der Waals surface area contributed by atoms with Crippen molar-refractivity contribution in [3.8, 4) is 0 Å². The highest BCUT2D eigenvalue weighted by Crippen LogP contribution is 2.25. The number of ketones is 1. The van der Waals surface area contributed by atoms with Gasteiger partial charge in [0.05, 0.1) is 0 Å². The van der Waals surface area contributed by atoms with Gasteiger partial charge in [-0.25, -0.2) is 15.0 Å². The second-order valence-electron chi connectivity index (χ2n) is 6.79. The molecule has 0 unspecified atom stereocenters. The zero-order chi connectivity index (χ0) is 23.7. The highest BCUT2D eigenvalue weighted by molar-refractivity contribution is 6.02. The van der Waals surface area contributed by atoms with Crippen molar-refractivity contribution in [2.75, 3.05) is 0 Å². The van der Waals surface area contributed by atoms with Crippen molar-refractivity contribution in [2.45, 2.75) is 19.3 Å². The van der Waals surface area contributed by atoms with Crippen LogP contribution < -0.4 is 5.43 Å². The molecule has 0 bridgehead atoms. The van der Waals surface area contributed by atoms with Gasteiger partial charge in [0.25, 0.3) is 5.78 Å². The summed E-state index contributed by atoms with van der Waals surface area (Å²) in [5.41, 5.74) is 2.40. The molecule has 3 aromatic rings. The van der Waals surface area contributed by atoms with Gasteiger partial charge < -0.3 is 9.47 Å². The second-order valence-corrected chi connectivity index (χ2v) is 6.79. The van der Waals surface area contributed by atoms with Crippen molar-refractivity contribution in [1.29, 1.82) is 0 Å². The molecule has 3 rings (SSSR count). The molecule has 0 aliphatic carbocycles. The van der Waals surface area contributed by atoms with Crippen LogP contribution in [0.1, 0.15) is 21.5 Å². The van der Waals surface area contributed by atoms with E-state index >= 15 is 8.78 Å². The number of amides is 2. The third-order valence-corrected chi connectivity index (χ3v) is 4.39. The van der Waals surface area contributed by atoms with Gasteiger partial charge in [0.2, 0.25) is 0 Å². The SMILES string of the molecule is O=C(NN(C(=O)OCc1ccccc1)C(F)(F)C(=O)c1ccccc1)OCc1ccccc1. The summed E-state index contributed by atoms with van der Waals surface area (Å²) < 4.78 is 40.0. The van der Waals surface area contributed by atoms with Gasteiger partial charge in [-0.1, -0.05) is 91.0 Å². The van der Waals surface area contributed by atoms with E-state index in [4.69, 9.17) is 9.47 Å². The maximum Gasteiger partial charge on any atom is 0.434 e. The zero-order valence-corrected chi connectivity index (χ0v) is 17.3. The van der Waals surface area contributed by atoms with E-state index in [-0.39, 0.29) is 18.8 Å². The summed E-state index contributed by atoms with van der Waals surface area (Å²) >= 11 is 0. The molecule has 33 heavy (non-hydrogen) atoms. The van der Waals surface area contributed by atoms with Crippen LogP contribution in [0.15, 0.2) is 91.0 Å². The Balaban J connectivity index is 1.76. The maximum absolute atomic E-state index is 15.1. The van der Waals surface area contributed by atoms with Crippen LogP contribution in [0, 0.1) is 0 Å². The number of benzene rings is 3. The number of hydrogen-bond acceptors (Lipinski definition) is 5. The Labute approximate surface area is 188 Å². The predicted octanol–water partition coefficient (Wildman–Crippen LogP) is 4.94. The molecule has 0 saturated heterocycles. The Morgan fingerprint density at radius 1 is 0.727 bits per heavy atom. The first-order chi connectivity index (χ1) is 15.9. The van der Waals surface area contributed by atoms with Crippen molar-refractivity contribution in [3.63, 3.8) is 0 Å². The van der Waals surface area contributed by atoms with Crippen LogP contribution in [0.3, 0.4) is 0 Å². The van der Waals surface area contributed by atoms with Crippen LogP contribution in [0.2, 0.25) is 0 Å². The van der Waals surface area contributed by atoms with E-state index in [2.05, 4.69) is 0 Å². The van der Waals surface area contributed by atoms with Gasteiger partial charge in [0.15, 0.2) is 0 Å². The highest BCUT2D eigenvalue weighted by atomic mass is 19.3. The van der Waals surface area contributed by atoms with Crippen molar-refractivity contribution in [2.24, 2.45) is 0 Å². The Kier molecular flexibility index (Phi) is 7.69. The minimum atomic E-state index is -4.46. The summed E-state index contributed by atoms with van der Waals surface area (Å²) in [7, 11) is 0. The van der Waals surface area contributed by atoms with Gasteiger partial charge in [-0.2, -0.15) is 8.78 Å². The molecule has 170 valence electrons. The van der Waals surface area contributed by atoms with Crippen molar-refractivity contribution in [3.05, 3.63) is 108 Å². The van der Waals surface area contributed by atoms with Crippen molar-refractivity contribution >= 4 is 18.0 Å². The Bertz CT molecular complexity index is 1080. The third kappa shape index (κ3) is 6.36. The Morgan fingerprint density at radius 2 is 1.18 bits per heavy atom. The summed E-state index contributed by atoms with van der Waals surface area (Å²) in [6, 6.07) is 19.0. The number of hydrazine groups is 1. The first-order valence-electron chi connectivity index (χ1n) is 9.84. The van der Waals surface area contributed by atoms with Crippen LogP contribution in [0.25, 0.3) is 0 Å². The van der Waals surface area contributed by atoms with Gasteiger partial charge in [0.1, 0.15) is 13.2 Å². The normalized spacial score (nSPS) is 10.7. The number of carbonyl (C=O) groups is 3. The molecular weight excluding hydrogens is 434 g/mol. The van der Waals surface area contributed by atoms with Gasteiger partial charge in [-0.15, -0.1) is 5.01 Å². The lowest BCUT2D eigenvalue weighted by Crippen LogP contribution is -2.59. The summed E-state index contributed by atoms with van der Waals surface area (Å²) in [6.45, 7) is -0.593. The topological polar surface area (TPSA) is 84.9 Å². The van der Waals surface area contributed by atoms with E-state index < -0.39 is 29.0 Å². The van der Waals surface area contributed by atoms with Crippen molar-refractivity contribution in [1.82, 2.24) is 10.4 Å². The highest BCUT2D eigenvalue weighted by Gasteiger charge is 2.51. The molecule has 7 nitrogen and oxygen atoms in total. The number of carbonyl (C=O) groups excluding carboxylic acids is 3. The van der Waals surface area contributed by atoms with E-state index in [1.165, 1.54) is 12.1 Å². The average Bonchev–Trinajstić information content (AvgIpc) is 2.85. The summed E-state index contributed by atoms with van der Waals surface area (Å²) in [5, 5.41) is -0.460. The van der Waals surface area contributed by atoms with Gasteiger partial charge >= 0.3 is 18.2 Å². The first-order valence-corrected chi connectivity index (χ1v) is 9.84. The molecule has 0 fully saturated rings. The molecule has 0 aliphatic heterocycles. The fourth-order valence-electron chi connectivity index (χ4n) is 2.73. The fraction of sp³-hybridized carbons (Fsp3) is 0.125. The van der Waals surface area contributed by atoms with E-state index in [9.17, 15) is 14.4 Å². The van der Waals surface area contributed by atoms with Gasteiger partial charge in [-0.05, 0) is 11.1 Å². The number of alkyl halides is 2. The molecule has 2 amide bonds. The summed E-state index contributed by atoms with van der Waals surface area (Å²) in [6.07, 6.45) is -3.00. The van der Waals surface area contributed by atoms with Crippen LogP contribution in [0.5, 0.6) is 0 Å². The summed E-state index contributed by atoms with van der Waals surface area (Å²) in [4.78, 5) is 37.1. The average molecular weight is 454 g/mol. The molecule has 0 aliphatic rings. The molecular formula is C24H20F2N2O5. The van der Waals surface area contributed by atoms with Crippen LogP contribution in [0.4, 0.5) is 18.4 Å². The number of Topliss-reactive ketones (excluding diaryl/α,β-unsaturated/α-hetero) is 1. The van der Waals surface area contributed by atoms with Crippen molar-refractivity contribution < 1.29 is 32.6 Å². The zero-order valence-electron chi connectivity index (χ0n) is 17.3. The summed E-state index contributed by atoms with van der Waals surface area (Å²) in [5.74, 6) is -1.71.